The SMILES string of the molecule is c1ccc(-c2cc(-c3cc(-c4ccc5ccccc5c4)cc(-c4ccnc5c4sc4ccccc45)c3)nc(-c3ccc4ccccc4c3)n2)cc1. The van der Waals surface area contributed by atoms with E-state index in [1.807, 2.05) is 12.3 Å². The lowest BCUT2D eigenvalue weighted by Gasteiger charge is -2.14. The highest BCUT2D eigenvalue weighted by Crippen LogP contribution is 2.41. The van der Waals surface area contributed by atoms with Gasteiger partial charge in [0, 0.05) is 38.5 Å². The fourth-order valence-electron chi connectivity index (χ4n) is 7.11. The molecule has 3 nitrogen and oxygen atoms in total. The lowest BCUT2D eigenvalue weighted by molar-refractivity contribution is 1.18. The van der Waals surface area contributed by atoms with Gasteiger partial charge in [-0.2, -0.15) is 0 Å². The molecule has 0 aliphatic carbocycles. The van der Waals surface area contributed by atoms with E-state index in [0.717, 1.165) is 61.2 Å². The minimum Gasteiger partial charge on any atom is -0.255 e. The van der Waals surface area contributed by atoms with Crippen molar-refractivity contribution < 1.29 is 0 Å². The minimum absolute atomic E-state index is 0.700. The molecular weight excluding hydrogens is 639 g/mol. The molecule has 0 radical (unpaired) electrons. The topological polar surface area (TPSA) is 38.7 Å². The smallest absolute Gasteiger partial charge is 0.160 e. The molecule has 3 aromatic heterocycles. The van der Waals surface area contributed by atoms with Crippen molar-refractivity contribution in [1.29, 1.82) is 0 Å². The van der Waals surface area contributed by atoms with Crippen LogP contribution in [0.25, 0.3) is 98.0 Å². The van der Waals surface area contributed by atoms with E-state index in [0.29, 0.717) is 5.82 Å². The molecule has 10 aromatic rings. The predicted molar refractivity (Wildman–Crippen MR) is 215 cm³/mol. The highest BCUT2D eigenvalue weighted by Gasteiger charge is 2.17. The van der Waals surface area contributed by atoms with E-state index in [1.165, 1.54) is 30.9 Å². The number of thiophene rings is 1. The standard InChI is InChI=1S/C47H29N3S/c1-2-12-32(13-3-1)42-29-43(50-47(49-42)36-21-19-31-11-5-7-15-34(31)25-36)39-27-37(35-20-18-30-10-4-6-14-33(30)24-35)26-38(28-39)40-22-23-48-45-41-16-8-9-17-44(41)51-46(40)45/h1-29H. The molecule has 4 heteroatoms. The Bertz CT molecular complexity index is 2930. The monoisotopic (exact) mass is 667 g/mol. The number of aromatic nitrogens is 3. The zero-order valence-corrected chi connectivity index (χ0v) is 28.3. The van der Waals surface area contributed by atoms with Crippen LogP contribution < -0.4 is 0 Å². The van der Waals surface area contributed by atoms with E-state index in [4.69, 9.17) is 15.0 Å². The van der Waals surface area contributed by atoms with Crippen LogP contribution in [-0.4, -0.2) is 15.0 Å². The molecule has 51 heavy (non-hydrogen) atoms. The first kappa shape index (κ1) is 29.4. The van der Waals surface area contributed by atoms with Crippen LogP contribution in [0.4, 0.5) is 0 Å². The fourth-order valence-corrected chi connectivity index (χ4v) is 8.30. The summed E-state index contributed by atoms with van der Waals surface area (Å²) in [6.45, 7) is 0. The number of pyridine rings is 1. The number of hydrogen-bond donors (Lipinski definition) is 0. The number of hydrogen-bond acceptors (Lipinski definition) is 4. The Morgan fingerprint density at radius 3 is 1.78 bits per heavy atom. The first-order chi connectivity index (χ1) is 25.2. The van der Waals surface area contributed by atoms with Crippen molar-refractivity contribution >= 4 is 53.2 Å². The molecule has 0 saturated carbocycles. The van der Waals surface area contributed by atoms with Gasteiger partial charge in [-0.15, -0.1) is 11.3 Å². The van der Waals surface area contributed by atoms with Gasteiger partial charge in [0.1, 0.15) is 0 Å². The van der Waals surface area contributed by atoms with Crippen LogP contribution in [0.1, 0.15) is 0 Å². The van der Waals surface area contributed by atoms with Gasteiger partial charge >= 0.3 is 0 Å². The summed E-state index contributed by atoms with van der Waals surface area (Å²) in [5, 5.41) is 5.98. The number of benzene rings is 7. The average molecular weight is 668 g/mol. The van der Waals surface area contributed by atoms with Crippen molar-refractivity contribution in [3.63, 3.8) is 0 Å². The summed E-state index contributed by atoms with van der Waals surface area (Å²) < 4.78 is 2.42. The molecule has 238 valence electrons. The van der Waals surface area contributed by atoms with E-state index in [1.54, 1.807) is 11.3 Å². The normalized spacial score (nSPS) is 11.5. The lowest BCUT2D eigenvalue weighted by atomic mass is 9.93. The van der Waals surface area contributed by atoms with Crippen LogP contribution in [0.15, 0.2) is 176 Å². The average Bonchev–Trinajstić information content (AvgIpc) is 3.59. The van der Waals surface area contributed by atoms with Crippen molar-refractivity contribution in [3.8, 4) is 56.2 Å². The van der Waals surface area contributed by atoms with Crippen molar-refractivity contribution in [2.45, 2.75) is 0 Å². The predicted octanol–water partition coefficient (Wildman–Crippen LogP) is 12.9. The quantitative estimate of drug-likeness (QED) is 0.183. The van der Waals surface area contributed by atoms with Gasteiger partial charge in [-0.25, -0.2) is 9.97 Å². The van der Waals surface area contributed by atoms with Gasteiger partial charge in [-0.3, -0.25) is 4.98 Å². The third kappa shape index (κ3) is 5.34. The molecule has 0 saturated heterocycles. The van der Waals surface area contributed by atoms with E-state index in [-0.39, 0.29) is 0 Å². The zero-order valence-electron chi connectivity index (χ0n) is 27.5. The van der Waals surface area contributed by atoms with Gasteiger partial charge < -0.3 is 0 Å². The van der Waals surface area contributed by atoms with Crippen molar-refractivity contribution in [3.05, 3.63) is 176 Å². The largest absolute Gasteiger partial charge is 0.255 e. The van der Waals surface area contributed by atoms with Crippen LogP contribution in [0.3, 0.4) is 0 Å². The van der Waals surface area contributed by atoms with Crippen molar-refractivity contribution in [2.24, 2.45) is 0 Å². The number of fused-ring (bicyclic) bond motifs is 5. The molecule has 0 aliphatic heterocycles. The van der Waals surface area contributed by atoms with Gasteiger partial charge in [0.15, 0.2) is 5.82 Å². The minimum atomic E-state index is 0.700. The summed E-state index contributed by atoms with van der Waals surface area (Å²) in [5.74, 6) is 0.700. The molecular formula is C47H29N3S. The zero-order chi connectivity index (χ0) is 33.7. The Morgan fingerprint density at radius 2 is 1.00 bits per heavy atom. The summed E-state index contributed by atoms with van der Waals surface area (Å²) in [7, 11) is 0. The van der Waals surface area contributed by atoms with Gasteiger partial charge in [0.25, 0.3) is 0 Å². The highest BCUT2D eigenvalue weighted by molar-refractivity contribution is 7.26. The Labute approximate surface area is 299 Å². The second kappa shape index (κ2) is 12.1. The third-order valence-electron chi connectivity index (χ3n) is 9.68. The molecule has 0 fully saturated rings. The Kier molecular flexibility index (Phi) is 7.00. The summed E-state index contributed by atoms with van der Waals surface area (Å²) >= 11 is 1.80. The van der Waals surface area contributed by atoms with Gasteiger partial charge in [-0.1, -0.05) is 121 Å². The molecule has 0 amide bonds. The first-order valence-electron chi connectivity index (χ1n) is 17.1. The molecule has 0 aliphatic rings. The Morgan fingerprint density at radius 1 is 0.392 bits per heavy atom. The van der Waals surface area contributed by atoms with Crippen LogP contribution in [0.5, 0.6) is 0 Å². The molecule has 0 unspecified atom stereocenters. The van der Waals surface area contributed by atoms with Crippen molar-refractivity contribution in [2.75, 3.05) is 0 Å². The maximum Gasteiger partial charge on any atom is 0.160 e. The Hall–Kier alpha value is -6.49. The summed E-state index contributed by atoms with van der Waals surface area (Å²) in [4.78, 5) is 15.3. The van der Waals surface area contributed by atoms with E-state index in [2.05, 4.69) is 164 Å². The fraction of sp³-hybridized carbons (Fsp3) is 0. The van der Waals surface area contributed by atoms with E-state index in [9.17, 15) is 0 Å². The van der Waals surface area contributed by atoms with E-state index < -0.39 is 0 Å². The van der Waals surface area contributed by atoms with Crippen molar-refractivity contribution in [1.82, 2.24) is 15.0 Å². The molecule has 7 aromatic carbocycles. The van der Waals surface area contributed by atoms with Crippen LogP contribution in [-0.2, 0) is 0 Å². The molecule has 0 bridgehead atoms. The Balaban J connectivity index is 1.23. The number of nitrogens with zero attached hydrogens (tertiary/aromatic N) is 3. The van der Waals surface area contributed by atoms with Gasteiger partial charge in [0.2, 0.25) is 0 Å². The second-order valence-corrected chi connectivity index (χ2v) is 13.9. The number of rotatable bonds is 5. The third-order valence-corrected chi connectivity index (χ3v) is 10.9. The molecule has 0 atom stereocenters. The molecule has 3 heterocycles. The molecule has 0 spiro atoms. The van der Waals surface area contributed by atoms with Gasteiger partial charge in [-0.05, 0) is 86.8 Å². The van der Waals surface area contributed by atoms with E-state index >= 15 is 0 Å². The van der Waals surface area contributed by atoms with Crippen LogP contribution >= 0.6 is 11.3 Å². The maximum atomic E-state index is 5.30. The second-order valence-electron chi connectivity index (χ2n) is 12.9. The van der Waals surface area contributed by atoms with Crippen LogP contribution in [0, 0.1) is 0 Å². The summed E-state index contributed by atoms with van der Waals surface area (Å²) in [6, 6.07) is 60.2. The molecule has 10 rings (SSSR count). The highest BCUT2D eigenvalue weighted by atomic mass is 32.1. The maximum absolute atomic E-state index is 5.30. The van der Waals surface area contributed by atoms with Crippen LogP contribution in [0.2, 0.25) is 0 Å². The summed E-state index contributed by atoms with van der Waals surface area (Å²) in [5.41, 5.74) is 10.4. The first-order valence-corrected chi connectivity index (χ1v) is 17.9. The summed E-state index contributed by atoms with van der Waals surface area (Å²) in [6.07, 6.45) is 1.94. The lowest BCUT2D eigenvalue weighted by Crippen LogP contribution is -1.97. The molecule has 0 N–H and O–H groups in total. The van der Waals surface area contributed by atoms with Gasteiger partial charge in [0.05, 0.1) is 21.6 Å².